The molecule has 7 heteroatoms. The maximum absolute atomic E-state index is 12.5. The van der Waals surface area contributed by atoms with Crippen LogP contribution in [0.2, 0.25) is 0 Å². The predicted octanol–water partition coefficient (Wildman–Crippen LogP) is 4.74. The fraction of sp³-hybridized carbons (Fsp3) is 0.0952. The van der Waals surface area contributed by atoms with Gasteiger partial charge in [-0.2, -0.15) is 0 Å². The molecule has 0 heterocycles. The molecule has 28 heavy (non-hydrogen) atoms. The summed E-state index contributed by atoms with van der Waals surface area (Å²) < 4.78 is 28.2. The topological polar surface area (TPSA) is 75.3 Å². The average Bonchev–Trinajstić information content (AvgIpc) is 2.69. The SMILES string of the molecule is C[C@@H](NC(=O)c1ccc(NS(=O)(=O)c2ccccc2)cc1)c1ccc(Br)cc1. The molecule has 1 atom stereocenters. The minimum Gasteiger partial charge on any atom is -0.346 e. The van der Waals surface area contributed by atoms with Gasteiger partial charge in [-0.15, -0.1) is 0 Å². The monoisotopic (exact) mass is 458 g/mol. The van der Waals surface area contributed by atoms with E-state index in [1.54, 1.807) is 42.5 Å². The van der Waals surface area contributed by atoms with Crippen LogP contribution in [0.1, 0.15) is 28.9 Å². The van der Waals surface area contributed by atoms with E-state index in [1.807, 2.05) is 31.2 Å². The van der Waals surface area contributed by atoms with E-state index in [1.165, 1.54) is 12.1 Å². The zero-order valence-electron chi connectivity index (χ0n) is 15.1. The van der Waals surface area contributed by atoms with Gasteiger partial charge in [0, 0.05) is 15.7 Å². The molecule has 3 aromatic carbocycles. The molecule has 0 spiro atoms. The summed E-state index contributed by atoms with van der Waals surface area (Å²) in [6, 6.07) is 22.0. The number of halogens is 1. The first-order valence-electron chi connectivity index (χ1n) is 8.59. The molecule has 144 valence electrons. The summed E-state index contributed by atoms with van der Waals surface area (Å²) in [5.74, 6) is -0.229. The van der Waals surface area contributed by atoms with Crippen molar-refractivity contribution in [2.24, 2.45) is 0 Å². The van der Waals surface area contributed by atoms with E-state index in [2.05, 4.69) is 26.0 Å². The van der Waals surface area contributed by atoms with E-state index in [9.17, 15) is 13.2 Å². The molecule has 3 rings (SSSR count). The van der Waals surface area contributed by atoms with Gasteiger partial charge in [0.1, 0.15) is 0 Å². The van der Waals surface area contributed by atoms with Gasteiger partial charge in [0.2, 0.25) is 0 Å². The highest BCUT2D eigenvalue weighted by atomic mass is 79.9. The minimum atomic E-state index is -3.66. The minimum absolute atomic E-state index is 0.156. The first kappa shape index (κ1) is 20.1. The molecule has 0 fully saturated rings. The van der Waals surface area contributed by atoms with Crippen molar-refractivity contribution in [3.63, 3.8) is 0 Å². The van der Waals surface area contributed by atoms with Crippen molar-refractivity contribution in [2.75, 3.05) is 4.72 Å². The van der Waals surface area contributed by atoms with E-state index in [-0.39, 0.29) is 16.8 Å². The lowest BCUT2D eigenvalue weighted by Gasteiger charge is -2.15. The second-order valence-electron chi connectivity index (χ2n) is 6.24. The highest BCUT2D eigenvalue weighted by Gasteiger charge is 2.15. The van der Waals surface area contributed by atoms with Crippen molar-refractivity contribution >= 4 is 37.5 Å². The van der Waals surface area contributed by atoms with Gasteiger partial charge in [-0.05, 0) is 61.0 Å². The lowest BCUT2D eigenvalue weighted by molar-refractivity contribution is 0.0940. The molecule has 0 saturated heterocycles. The molecule has 3 aromatic rings. The maximum atomic E-state index is 12.5. The van der Waals surface area contributed by atoms with Gasteiger partial charge < -0.3 is 5.32 Å². The smallest absolute Gasteiger partial charge is 0.261 e. The third kappa shape index (κ3) is 4.99. The second kappa shape index (κ2) is 8.58. The molecule has 0 bridgehead atoms. The van der Waals surface area contributed by atoms with E-state index >= 15 is 0 Å². The summed E-state index contributed by atoms with van der Waals surface area (Å²) >= 11 is 3.39. The van der Waals surface area contributed by atoms with Crippen molar-refractivity contribution in [3.8, 4) is 0 Å². The molecule has 0 aromatic heterocycles. The molecule has 5 nitrogen and oxygen atoms in total. The summed E-state index contributed by atoms with van der Waals surface area (Å²) in [7, 11) is -3.66. The van der Waals surface area contributed by atoms with Gasteiger partial charge in [0.25, 0.3) is 15.9 Å². The largest absolute Gasteiger partial charge is 0.346 e. The lowest BCUT2D eigenvalue weighted by atomic mass is 10.1. The molecule has 0 saturated carbocycles. The van der Waals surface area contributed by atoms with Crippen molar-refractivity contribution < 1.29 is 13.2 Å². The Bertz CT molecular complexity index is 1050. The predicted molar refractivity (Wildman–Crippen MR) is 114 cm³/mol. The quantitative estimate of drug-likeness (QED) is 0.559. The summed E-state index contributed by atoms with van der Waals surface area (Å²) in [6.07, 6.45) is 0. The summed E-state index contributed by atoms with van der Waals surface area (Å²) in [5, 5.41) is 2.93. The first-order chi connectivity index (χ1) is 13.3. The van der Waals surface area contributed by atoms with E-state index in [0.717, 1.165) is 10.0 Å². The molecule has 0 aliphatic heterocycles. The van der Waals surface area contributed by atoms with Gasteiger partial charge >= 0.3 is 0 Å². The highest BCUT2D eigenvalue weighted by molar-refractivity contribution is 9.10. The number of carbonyl (C=O) groups excluding carboxylic acids is 1. The van der Waals surface area contributed by atoms with Gasteiger partial charge in [-0.1, -0.05) is 46.3 Å². The number of anilines is 1. The number of sulfonamides is 1. The van der Waals surface area contributed by atoms with Crippen LogP contribution in [-0.2, 0) is 10.0 Å². The number of hydrogen-bond donors (Lipinski definition) is 2. The van der Waals surface area contributed by atoms with E-state index in [4.69, 9.17) is 0 Å². The third-order valence-corrected chi connectivity index (χ3v) is 6.10. The number of amides is 1. The standard InChI is InChI=1S/C21H19BrN2O3S/c1-15(16-7-11-18(22)12-8-16)23-21(25)17-9-13-19(14-10-17)24-28(26,27)20-5-3-2-4-6-20/h2-15,24H,1H3,(H,23,25)/t15-/m1/s1. The lowest BCUT2D eigenvalue weighted by Crippen LogP contribution is -2.26. The summed E-state index contributed by atoms with van der Waals surface area (Å²) in [5.41, 5.74) is 1.83. The number of hydrogen-bond acceptors (Lipinski definition) is 3. The van der Waals surface area contributed by atoms with Crippen molar-refractivity contribution in [2.45, 2.75) is 17.9 Å². The molecule has 0 radical (unpaired) electrons. The summed E-state index contributed by atoms with van der Waals surface area (Å²) in [6.45, 7) is 1.91. The Morgan fingerprint density at radius 2 is 1.50 bits per heavy atom. The molecule has 0 aliphatic carbocycles. The summed E-state index contributed by atoms with van der Waals surface area (Å²) in [4.78, 5) is 12.6. The van der Waals surface area contributed by atoms with Crippen molar-refractivity contribution in [3.05, 3.63) is 94.5 Å². The van der Waals surface area contributed by atoms with Crippen molar-refractivity contribution in [1.29, 1.82) is 0 Å². The van der Waals surface area contributed by atoms with Crippen LogP contribution in [0.4, 0.5) is 5.69 Å². The zero-order chi connectivity index (χ0) is 20.1. The first-order valence-corrected chi connectivity index (χ1v) is 10.9. The normalized spacial score (nSPS) is 12.2. The Balaban J connectivity index is 1.66. The van der Waals surface area contributed by atoms with Crippen LogP contribution in [0, 0.1) is 0 Å². The zero-order valence-corrected chi connectivity index (χ0v) is 17.5. The molecule has 0 unspecified atom stereocenters. The number of nitrogens with one attached hydrogen (secondary N) is 2. The van der Waals surface area contributed by atoms with Crippen LogP contribution in [0.5, 0.6) is 0 Å². The van der Waals surface area contributed by atoms with Crippen LogP contribution in [0.3, 0.4) is 0 Å². The van der Waals surface area contributed by atoms with Gasteiger partial charge in [-0.3, -0.25) is 9.52 Å². The Morgan fingerprint density at radius 3 is 2.11 bits per heavy atom. The Kier molecular flexibility index (Phi) is 6.16. The van der Waals surface area contributed by atoms with Crippen LogP contribution in [0.15, 0.2) is 88.2 Å². The van der Waals surface area contributed by atoms with Crippen LogP contribution in [-0.4, -0.2) is 14.3 Å². The van der Waals surface area contributed by atoms with Crippen LogP contribution < -0.4 is 10.0 Å². The maximum Gasteiger partial charge on any atom is 0.261 e. The van der Waals surface area contributed by atoms with Gasteiger partial charge in [0.05, 0.1) is 10.9 Å². The number of rotatable bonds is 6. The highest BCUT2D eigenvalue weighted by Crippen LogP contribution is 2.19. The number of benzene rings is 3. The molecular formula is C21H19BrN2O3S. The van der Waals surface area contributed by atoms with Gasteiger partial charge in [0.15, 0.2) is 0 Å². The van der Waals surface area contributed by atoms with E-state index in [0.29, 0.717) is 11.3 Å². The third-order valence-electron chi connectivity index (χ3n) is 4.17. The van der Waals surface area contributed by atoms with Crippen molar-refractivity contribution in [1.82, 2.24) is 5.32 Å². The fourth-order valence-corrected chi connectivity index (χ4v) is 3.96. The van der Waals surface area contributed by atoms with Gasteiger partial charge in [-0.25, -0.2) is 8.42 Å². The Morgan fingerprint density at radius 1 is 0.893 bits per heavy atom. The van der Waals surface area contributed by atoms with Crippen LogP contribution in [0.25, 0.3) is 0 Å². The molecular weight excluding hydrogens is 440 g/mol. The number of carbonyl (C=O) groups is 1. The Labute approximate surface area is 173 Å². The average molecular weight is 459 g/mol. The molecule has 0 aliphatic rings. The molecule has 1 amide bonds. The van der Waals surface area contributed by atoms with E-state index < -0.39 is 10.0 Å². The second-order valence-corrected chi connectivity index (χ2v) is 8.84. The fourth-order valence-electron chi connectivity index (χ4n) is 2.62. The van der Waals surface area contributed by atoms with Crippen LogP contribution >= 0.6 is 15.9 Å². The Hall–Kier alpha value is -2.64. The molecule has 2 N–H and O–H groups in total.